The first kappa shape index (κ1) is 53.8. The molecule has 5 N–H and O–H groups in total. The van der Waals surface area contributed by atoms with E-state index in [4.69, 9.17) is 14.2 Å². The average molecular weight is 1040 g/mol. The van der Waals surface area contributed by atoms with Crippen LogP contribution in [-0.4, -0.2) is 94.3 Å². The summed E-state index contributed by atoms with van der Waals surface area (Å²) in [7, 11) is -8.44. The molecule has 4 aromatic carbocycles. The lowest BCUT2D eigenvalue weighted by Gasteiger charge is -2.24. The number of carbonyl (C=O) groups is 5. The zero-order chi connectivity index (χ0) is 52.6. The zero-order valence-electron chi connectivity index (χ0n) is 41.0. The molecule has 2 aliphatic heterocycles. The van der Waals surface area contributed by atoms with Gasteiger partial charge in [0.25, 0.3) is 31.9 Å². The van der Waals surface area contributed by atoms with E-state index in [0.717, 1.165) is 17.7 Å². The fourth-order valence-electron chi connectivity index (χ4n) is 8.55. The second-order valence-corrected chi connectivity index (χ2v) is 22.8. The van der Waals surface area contributed by atoms with Gasteiger partial charge < -0.3 is 35.1 Å². The summed E-state index contributed by atoms with van der Waals surface area (Å²) in [5.41, 5.74) is -1.53. The van der Waals surface area contributed by atoms with Crippen LogP contribution in [0.5, 0.6) is 11.5 Å². The van der Waals surface area contributed by atoms with E-state index in [-0.39, 0.29) is 53.7 Å². The molecule has 0 bridgehead atoms. The summed E-state index contributed by atoms with van der Waals surface area (Å²) < 4.78 is 73.2. The van der Waals surface area contributed by atoms with E-state index in [9.17, 15) is 40.8 Å². The maximum absolute atomic E-state index is 13.3. The van der Waals surface area contributed by atoms with Gasteiger partial charge in [-0.15, -0.1) is 13.2 Å². The number of rotatable bonds is 18. The number of benzene rings is 4. The van der Waals surface area contributed by atoms with E-state index in [0.29, 0.717) is 43.9 Å². The number of ether oxygens (including phenoxy) is 3. The van der Waals surface area contributed by atoms with Gasteiger partial charge in [-0.2, -0.15) is 0 Å². The van der Waals surface area contributed by atoms with Crippen LogP contribution in [0.25, 0.3) is 0 Å². The Morgan fingerprint density at radius 1 is 0.671 bits per heavy atom. The quantitative estimate of drug-likeness (QED) is 0.0813. The van der Waals surface area contributed by atoms with Crippen LogP contribution in [-0.2, 0) is 57.2 Å². The number of hydrogen-bond acceptors (Lipinski definition) is 13. The SMILES string of the molecule is C=C[C@@H]1C[C@]1(NC(=O)[C@H]1CCN(C(=O)OC(C)(C)C)C1)C(=O)NS(=O)(=O)c1cccc(OCc2ccccc2)c1.C=C[C@@H]1C[C@]1(NC(=O)[C@H]1CCNC1)C(=O)NS(=O)(=O)c1cccc(OCc2ccccc2)c1. The lowest BCUT2D eigenvalue weighted by molar-refractivity contribution is -0.131. The Labute approximate surface area is 426 Å². The molecule has 2 saturated carbocycles. The zero-order valence-corrected chi connectivity index (χ0v) is 42.6. The number of hydrogen-bond donors (Lipinski definition) is 5. The predicted molar refractivity (Wildman–Crippen MR) is 270 cm³/mol. The van der Waals surface area contributed by atoms with Crippen LogP contribution >= 0.6 is 0 Å². The molecule has 4 fully saturated rings. The Morgan fingerprint density at radius 3 is 1.55 bits per heavy atom. The third-order valence-electron chi connectivity index (χ3n) is 12.9. The van der Waals surface area contributed by atoms with E-state index in [1.165, 1.54) is 41.3 Å². The molecule has 2 aliphatic carbocycles. The molecule has 388 valence electrons. The number of carbonyl (C=O) groups excluding carboxylic acids is 5. The monoisotopic (exact) mass is 1040 g/mol. The topological polar surface area (TPSA) is 245 Å². The molecule has 0 radical (unpaired) electrons. The van der Waals surface area contributed by atoms with Gasteiger partial charge in [-0.25, -0.2) is 31.1 Å². The summed E-state index contributed by atoms with van der Waals surface area (Å²) in [4.78, 5) is 65.6. The van der Waals surface area contributed by atoms with Crippen molar-refractivity contribution in [2.45, 2.75) is 86.1 Å². The van der Waals surface area contributed by atoms with Crippen LogP contribution in [0.2, 0.25) is 0 Å². The maximum atomic E-state index is 13.3. The standard InChI is InChI=1S/C29H35N3O7S.C24H27N3O5S/c1-5-22-17-29(22,30-25(33)21-14-15-32(18-21)27(35)39-28(2,3)4)26(34)31-40(36,37)24-13-9-12-23(16-24)38-19-20-10-7-6-8-11-20;1-2-19-14-24(19,26-22(28)18-11-12-25-15-18)23(29)27-33(30,31)21-10-6-9-20(13-21)32-16-17-7-4-3-5-8-17/h5-13,16,21-22H,1,14-15,17-19H2,2-4H3,(H,30,33)(H,31,34);2-10,13,18-19,25H,1,11-12,14-16H2,(H,26,28)(H,27,29)/t21-,22+,29+;18-,19+,24+/m00/s1. The highest BCUT2D eigenvalue weighted by molar-refractivity contribution is 7.90. The average Bonchev–Trinajstić information content (AvgIpc) is 4.03. The number of nitrogens with one attached hydrogen (secondary N) is 5. The fourth-order valence-corrected chi connectivity index (χ4v) is 10.7. The summed E-state index contributed by atoms with van der Waals surface area (Å²) in [6.45, 7) is 15.0. The molecule has 73 heavy (non-hydrogen) atoms. The van der Waals surface area contributed by atoms with Crippen LogP contribution in [0.1, 0.15) is 57.6 Å². The highest BCUT2D eigenvalue weighted by atomic mass is 32.2. The predicted octanol–water partition coefficient (Wildman–Crippen LogP) is 5.13. The van der Waals surface area contributed by atoms with Crippen LogP contribution in [0.3, 0.4) is 0 Å². The van der Waals surface area contributed by atoms with Gasteiger partial charge in [-0.05, 0) is 88.4 Å². The Hall–Kier alpha value is -7.03. The largest absolute Gasteiger partial charge is 0.489 e. The minimum Gasteiger partial charge on any atom is -0.489 e. The maximum Gasteiger partial charge on any atom is 0.410 e. The summed E-state index contributed by atoms with van der Waals surface area (Å²) >= 11 is 0. The number of sulfonamides is 2. The molecule has 6 atom stereocenters. The van der Waals surface area contributed by atoms with Gasteiger partial charge in [-0.3, -0.25) is 19.2 Å². The van der Waals surface area contributed by atoms with Crippen molar-refractivity contribution in [3.05, 3.63) is 146 Å². The van der Waals surface area contributed by atoms with Gasteiger partial charge in [0.1, 0.15) is 41.4 Å². The molecule has 2 heterocycles. The first-order chi connectivity index (χ1) is 34.7. The van der Waals surface area contributed by atoms with E-state index < -0.39 is 72.4 Å². The minimum atomic E-state index is -4.27. The second kappa shape index (κ2) is 22.4. The molecule has 5 amide bonds. The second-order valence-electron chi connectivity index (χ2n) is 19.5. The van der Waals surface area contributed by atoms with Crippen LogP contribution < -0.4 is 34.9 Å². The molecular formula is C53H62N6O12S2. The van der Waals surface area contributed by atoms with Crippen LogP contribution in [0.15, 0.2) is 144 Å². The Bertz CT molecular complexity index is 2930. The summed E-state index contributed by atoms with van der Waals surface area (Å²) in [6.07, 6.45) is 4.18. The van der Waals surface area contributed by atoms with Crippen LogP contribution in [0, 0.1) is 23.7 Å². The molecule has 4 aromatic rings. The normalized spacial score (nSPS) is 23.0. The van der Waals surface area contributed by atoms with Gasteiger partial charge in [0.05, 0.1) is 21.6 Å². The minimum absolute atomic E-state index is 0.0984. The van der Waals surface area contributed by atoms with E-state index in [2.05, 4.69) is 38.6 Å². The molecular weight excluding hydrogens is 977 g/mol. The Morgan fingerprint density at radius 2 is 1.14 bits per heavy atom. The molecule has 8 rings (SSSR count). The van der Waals surface area contributed by atoms with Crippen molar-refractivity contribution >= 4 is 49.8 Å². The van der Waals surface area contributed by atoms with Crippen molar-refractivity contribution in [1.29, 1.82) is 0 Å². The van der Waals surface area contributed by atoms with Crippen molar-refractivity contribution in [2.75, 3.05) is 26.2 Å². The van der Waals surface area contributed by atoms with Crippen molar-refractivity contribution in [1.82, 2.24) is 30.3 Å². The third kappa shape index (κ3) is 13.5. The summed E-state index contributed by atoms with van der Waals surface area (Å²) in [6, 6.07) is 30.7. The van der Waals surface area contributed by atoms with Gasteiger partial charge in [0, 0.05) is 43.6 Å². The summed E-state index contributed by atoms with van der Waals surface area (Å²) in [5.74, 6) is -3.16. The Kier molecular flexibility index (Phi) is 16.5. The highest BCUT2D eigenvalue weighted by Gasteiger charge is 2.62. The van der Waals surface area contributed by atoms with E-state index in [1.807, 2.05) is 60.7 Å². The molecule has 0 aromatic heterocycles. The molecule has 18 nitrogen and oxygen atoms in total. The van der Waals surface area contributed by atoms with Crippen molar-refractivity contribution in [2.24, 2.45) is 23.7 Å². The first-order valence-electron chi connectivity index (χ1n) is 23.9. The highest BCUT2D eigenvalue weighted by Crippen LogP contribution is 2.46. The smallest absolute Gasteiger partial charge is 0.410 e. The number of likely N-dealkylation sites (tertiary alicyclic amines) is 1. The molecule has 20 heteroatoms. The van der Waals surface area contributed by atoms with E-state index >= 15 is 0 Å². The van der Waals surface area contributed by atoms with Crippen LogP contribution in [0.4, 0.5) is 4.79 Å². The van der Waals surface area contributed by atoms with Crippen molar-refractivity contribution in [3.8, 4) is 11.5 Å². The number of amides is 5. The lowest BCUT2D eigenvalue weighted by Crippen LogP contribution is -2.53. The Balaban J connectivity index is 0.000000218. The van der Waals surface area contributed by atoms with Crippen molar-refractivity contribution in [3.63, 3.8) is 0 Å². The number of nitrogens with zero attached hydrogens (tertiary/aromatic N) is 1. The molecule has 4 aliphatic rings. The fraction of sp³-hybridized carbons (Fsp3) is 0.377. The van der Waals surface area contributed by atoms with Gasteiger partial charge in [0.15, 0.2) is 0 Å². The molecule has 0 unspecified atom stereocenters. The lowest BCUT2D eigenvalue weighted by atomic mass is 10.1. The third-order valence-corrected chi connectivity index (χ3v) is 15.6. The summed E-state index contributed by atoms with van der Waals surface area (Å²) in [5, 5.41) is 8.64. The molecule has 2 saturated heterocycles. The van der Waals surface area contributed by atoms with Crippen molar-refractivity contribution < 1.29 is 55.0 Å². The van der Waals surface area contributed by atoms with E-state index in [1.54, 1.807) is 45.0 Å². The van der Waals surface area contributed by atoms with Gasteiger partial charge >= 0.3 is 6.09 Å². The van der Waals surface area contributed by atoms with Gasteiger partial charge in [-0.1, -0.05) is 84.9 Å². The first-order valence-corrected chi connectivity index (χ1v) is 26.9. The molecule has 0 spiro atoms. The van der Waals surface area contributed by atoms with Gasteiger partial charge in [0.2, 0.25) is 11.8 Å².